The molecule has 4 aromatic rings. The van der Waals surface area contributed by atoms with E-state index in [1.165, 1.54) is 0 Å². The third-order valence-corrected chi connectivity index (χ3v) is 6.41. The summed E-state index contributed by atoms with van der Waals surface area (Å²) in [4.78, 5) is 25.4. The van der Waals surface area contributed by atoms with Gasteiger partial charge in [-0.3, -0.25) is 10.1 Å². The van der Waals surface area contributed by atoms with Gasteiger partial charge in [-0.25, -0.2) is 9.48 Å². The van der Waals surface area contributed by atoms with Crippen molar-refractivity contribution in [3.63, 3.8) is 0 Å². The molecule has 0 bridgehead atoms. The van der Waals surface area contributed by atoms with Gasteiger partial charge in [0.2, 0.25) is 0 Å². The fraction of sp³-hybridized carbons (Fsp3) is 0.323. The van der Waals surface area contributed by atoms with Crippen LogP contribution in [0.25, 0.3) is 16.5 Å². The predicted molar refractivity (Wildman–Crippen MR) is 153 cm³/mol. The number of nitrogens with one attached hydrogen (secondary N) is 2. The zero-order valence-electron chi connectivity index (χ0n) is 23.0. The number of hydrogen-bond donors (Lipinski definition) is 2. The largest absolute Gasteiger partial charge is 0.466 e. The number of carbonyl (C=O) groups excluding carboxylic acids is 2. The Kier molecular flexibility index (Phi) is 7.58. The number of benzene rings is 3. The maximum atomic E-state index is 13.1. The second kappa shape index (κ2) is 10.7. The molecule has 0 fully saturated rings. The fourth-order valence-corrected chi connectivity index (χ4v) is 4.30. The van der Waals surface area contributed by atoms with Crippen LogP contribution in [0.4, 0.5) is 16.3 Å². The number of urea groups is 1. The smallest absolute Gasteiger partial charge is 0.324 e. The first kappa shape index (κ1) is 26.9. The summed E-state index contributed by atoms with van der Waals surface area (Å²) in [7, 11) is 0. The molecule has 0 atom stereocenters. The van der Waals surface area contributed by atoms with Crippen LogP contribution in [0.1, 0.15) is 52.8 Å². The van der Waals surface area contributed by atoms with Crippen LogP contribution in [0.5, 0.6) is 0 Å². The SMILES string of the molecule is CCOC(=O)C(C)(C)Cc1ccc(-n2nc(C(C)(C)C)cc2NC(=O)Nc2cccc3ccccc23)cc1. The van der Waals surface area contributed by atoms with Gasteiger partial charge in [-0.05, 0) is 56.3 Å². The van der Waals surface area contributed by atoms with Crippen molar-refractivity contribution in [3.05, 3.63) is 84.1 Å². The Hall–Kier alpha value is -4.13. The van der Waals surface area contributed by atoms with Crippen molar-refractivity contribution in [2.45, 2.75) is 53.4 Å². The Balaban J connectivity index is 1.58. The minimum absolute atomic E-state index is 0.211. The number of esters is 1. The topological polar surface area (TPSA) is 85.2 Å². The van der Waals surface area contributed by atoms with Gasteiger partial charge in [0, 0.05) is 16.9 Å². The number of hydrogen-bond acceptors (Lipinski definition) is 4. The van der Waals surface area contributed by atoms with Crippen LogP contribution < -0.4 is 10.6 Å². The molecule has 7 nitrogen and oxygen atoms in total. The number of carbonyl (C=O) groups is 2. The van der Waals surface area contributed by atoms with Crippen molar-refractivity contribution in [1.82, 2.24) is 9.78 Å². The quantitative estimate of drug-likeness (QED) is 0.259. The highest BCUT2D eigenvalue weighted by atomic mass is 16.5. The van der Waals surface area contributed by atoms with E-state index < -0.39 is 5.41 Å². The first-order valence-electron chi connectivity index (χ1n) is 12.9. The van der Waals surface area contributed by atoms with Crippen LogP contribution >= 0.6 is 0 Å². The van der Waals surface area contributed by atoms with Gasteiger partial charge in [0.1, 0.15) is 5.82 Å². The summed E-state index contributed by atoms with van der Waals surface area (Å²) in [5, 5.41) is 12.8. The molecule has 3 aromatic carbocycles. The van der Waals surface area contributed by atoms with E-state index in [9.17, 15) is 9.59 Å². The predicted octanol–water partition coefficient (Wildman–Crippen LogP) is 7.10. The second-order valence-corrected chi connectivity index (χ2v) is 11.1. The number of aromatic nitrogens is 2. The summed E-state index contributed by atoms with van der Waals surface area (Å²) >= 11 is 0. The van der Waals surface area contributed by atoms with Crippen LogP contribution in [0.15, 0.2) is 72.8 Å². The monoisotopic (exact) mass is 512 g/mol. The molecule has 7 heteroatoms. The lowest BCUT2D eigenvalue weighted by molar-refractivity contribution is -0.153. The molecule has 0 aliphatic carbocycles. The minimum Gasteiger partial charge on any atom is -0.466 e. The summed E-state index contributed by atoms with van der Waals surface area (Å²) in [6.07, 6.45) is 0.553. The summed E-state index contributed by atoms with van der Waals surface area (Å²) < 4.78 is 6.97. The third kappa shape index (κ3) is 6.05. The van der Waals surface area contributed by atoms with Crippen LogP contribution in [0, 0.1) is 5.41 Å². The van der Waals surface area contributed by atoms with Gasteiger partial charge in [-0.15, -0.1) is 0 Å². The molecule has 0 aliphatic heterocycles. The molecule has 0 aliphatic rings. The highest BCUT2D eigenvalue weighted by molar-refractivity contribution is 6.06. The standard InChI is InChI=1S/C31H36N4O3/c1-7-38-28(36)31(5,6)20-21-15-17-23(18-16-21)35-27(19-26(34-35)30(2,3)4)33-29(37)32-25-14-10-12-22-11-8-9-13-24(22)25/h8-19H,7,20H2,1-6H3,(H2,32,33,37). The maximum Gasteiger partial charge on any atom is 0.324 e. The molecular formula is C31H36N4O3. The number of amides is 2. The highest BCUT2D eigenvalue weighted by Crippen LogP contribution is 2.29. The molecule has 1 heterocycles. The first-order valence-corrected chi connectivity index (χ1v) is 12.9. The molecule has 0 spiro atoms. The minimum atomic E-state index is -0.630. The average molecular weight is 513 g/mol. The van der Waals surface area contributed by atoms with E-state index in [0.29, 0.717) is 18.8 Å². The van der Waals surface area contributed by atoms with Crippen molar-refractivity contribution < 1.29 is 14.3 Å². The molecule has 1 aromatic heterocycles. The molecule has 2 amide bonds. The van der Waals surface area contributed by atoms with Gasteiger partial charge >= 0.3 is 12.0 Å². The molecular weight excluding hydrogens is 476 g/mol. The number of ether oxygens (including phenoxy) is 1. The van der Waals surface area contributed by atoms with Crippen molar-refractivity contribution in [3.8, 4) is 5.69 Å². The van der Waals surface area contributed by atoms with E-state index in [2.05, 4.69) is 31.4 Å². The molecule has 2 N–H and O–H groups in total. The van der Waals surface area contributed by atoms with E-state index in [4.69, 9.17) is 9.84 Å². The number of nitrogens with zero attached hydrogens (tertiary/aromatic N) is 2. The molecule has 198 valence electrons. The highest BCUT2D eigenvalue weighted by Gasteiger charge is 2.29. The summed E-state index contributed by atoms with van der Waals surface area (Å²) in [5.74, 6) is 0.349. The Bertz CT molecular complexity index is 1440. The molecule has 0 radical (unpaired) electrons. The molecule has 4 rings (SSSR count). The summed E-state index contributed by atoms with van der Waals surface area (Å²) in [6.45, 7) is 12.2. The Morgan fingerprint density at radius 3 is 2.26 bits per heavy atom. The Labute approximate surface area is 224 Å². The van der Waals surface area contributed by atoms with Crippen LogP contribution in [-0.2, 0) is 21.4 Å². The van der Waals surface area contributed by atoms with Crippen LogP contribution in [0.2, 0.25) is 0 Å². The zero-order valence-corrected chi connectivity index (χ0v) is 23.0. The lowest BCUT2D eigenvalue weighted by atomic mass is 9.86. The normalized spacial score (nSPS) is 11.8. The molecule has 0 saturated heterocycles. The van der Waals surface area contributed by atoms with E-state index in [0.717, 1.165) is 33.4 Å². The van der Waals surface area contributed by atoms with Crippen molar-refractivity contribution in [2.75, 3.05) is 17.2 Å². The van der Waals surface area contributed by atoms with E-state index in [-0.39, 0.29) is 17.4 Å². The van der Waals surface area contributed by atoms with E-state index >= 15 is 0 Å². The average Bonchev–Trinajstić information content (AvgIpc) is 3.29. The van der Waals surface area contributed by atoms with Crippen molar-refractivity contribution in [1.29, 1.82) is 0 Å². The van der Waals surface area contributed by atoms with Crippen LogP contribution in [-0.4, -0.2) is 28.4 Å². The van der Waals surface area contributed by atoms with Crippen LogP contribution in [0.3, 0.4) is 0 Å². The summed E-state index contributed by atoms with van der Waals surface area (Å²) in [5.41, 5.74) is 2.56. The Morgan fingerprint density at radius 2 is 1.58 bits per heavy atom. The molecule has 0 saturated carbocycles. The lowest BCUT2D eigenvalue weighted by Gasteiger charge is -2.22. The number of rotatable bonds is 7. The van der Waals surface area contributed by atoms with E-state index in [1.807, 2.05) is 93.6 Å². The van der Waals surface area contributed by atoms with Gasteiger partial charge in [0.05, 0.1) is 29.1 Å². The lowest BCUT2D eigenvalue weighted by Crippen LogP contribution is -2.29. The van der Waals surface area contributed by atoms with Crippen molar-refractivity contribution >= 4 is 34.3 Å². The fourth-order valence-electron chi connectivity index (χ4n) is 4.30. The van der Waals surface area contributed by atoms with E-state index in [1.54, 1.807) is 4.68 Å². The number of fused-ring (bicyclic) bond motifs is 1. The maximum absolute atomic E-state index is 13.1. The van der Waals surface area contributed by atoms with Crippen molar-refractivity contribution in [2.24, 2.45) is 5.41 Å². The van der Waals surface area contributed by atoms with Gasteiger partial charge < -0.3 is 10.1 Å². The Morgan fingerprint density at radius 1 is 0.895 bits per heavy atom. The van der Waals surface area contributed by atoms with Gasteiger partial charge in [-0.1, -0.05) is 69.3 Å². The molecule has 0 unspecified atom stereocenters. The molecule has 38 heavy (non-hydrogen) atoms. The second-order valence-electron chi connectivity index (χ2n) is 11.1. The van der Waals surface area contributed by atoms with Gasteiger partial charge in [0.25, 0.3) is 0 Å². The first-order chi connectivity index (χ1) is 18.0. The van der Waals surface area contributed by atoms with Gasteiger partial charge in [-0.2, -0.15) is 5.10 Å². The summed E-state index contributed by atoms with van der Waals surface area (Å²) in [6, 6.07) is 23.2. The number of anilines is 2. The van der Waals surface area contributed by atoms with Gasteiger partial charge in [0.15, 0.2) is 0 Å². The zero-order chi connectivity index (χ0) is 27.5. The third-order valence-electron chi connectivity index (χ3n) is 6.41.